The maximum Gasteiger partial charge on any atom is 0.414 e. The van der Waals surface area contributed by atoms with E-state index in [2.05, 4.69) is 10.2 Å². The van der Waals surface area contributed by atoms with Crippen molar-refractivity contribution in [3.05, 3.63) is 23.8 Å². The lowest BCUT2D eigenvalue weighted by Gasteiger charge is -2.26. The van der Waals surface area contributed by atoms with Crippen LogP contribution in [0.1, 0.15) is 31.7 Å². The molecule has 2 aliphatic rings. The maximum absolute atomic E-state index is 12.4. The molecule has 1 unspecified atom stereocenters. The fourth-order valence-corrected chi connectivity index (χ4v) is 3.73. The number of hydrogen-bond acceptors (Lipinski definition) is 7. The molecule has 0 bridgehead atoms. The summed E-state index contributed by atoms with van der Waals surface area (Å²) in [6.07, 6.45) is 0.342. The van der Waals surface area contributed by atoms with Crippen molar-refractivity contribution in [1.29, 1.82) is 0 Å². The molecular weight excluding hydrogens is 386 g/mol. The van der Waals surface area contributed by atoms with Crippen LogP contribution in [0.2, 0.25) is 0 Å². The molecule has 2 atom stereocenters. The van der Waals surface area contributed by atoms with Gasteiger partial charge in [-0.25, -0.2) is 4.79 Å². The third kappa shape index (κ3) is 5.86. The highest BCUT2D eigenvalue weighted by molar-refractivity contribution is 5.73. The number of benzene rings is 1. The molecule has 1 aromatic rings. The Hall–Kier alpha value is -2.32. The SMILES string of the molecule is CCN(C)C(=O)Oc1ccc2c(c1)NCC2C[C@@H](C)C(=O)OCCN1CCOCC1. The molecule has 1 saturated heterocycles. The lowest BCUT2D eigenvalue weighted by atomic mass is 9.91. The summed E-state index contributed by atoms with van der Waals surface area (Å²) in [5, 5.41) is 3.36. The molecule has 1 N–H and O–H groups in total. The molecule has 166 valence electrons. The number of nitrogens with one attached hydrogen (secondary N) is 1. The number of anilines is 1. The Balaban J connectivity index is 1.47. The van der Waals surface area contributed by atoms with E-state index in [0.29, 0.717) is 25.3 Å². The van der Waals surface area contributed by atoms with Crippen LogP contribution in [0.4, 0.5) is 10.5 Å². The Morgan fingerprint density at radius 2 is 2.10 bits per heavy atom. The number of fused-ring (bicyclic) bond motifs is 1. The van der Waals surface area contributed by atoms with E-state index in [4.69, 9.17) is 14.2 Å². The second-order valence-corrected chi connectivity index (χ2v) is 7.97. The molecule has 1 fully saturated rings. The average molecular weight is 420 g/mol. The van der Waals surface area contributed by atoms with E-state index in [9.17, 15) is 9.59 Å². The number of carbonyl (C=O) groups excluding carboxylic acids is 2. The fourth-order valence-electron chi connectivity index (χ4n) is 3.73. The summed E-state index contributed by atoms with van der Waals surface area (Å²) < 4.78 is 16.2. The maximum atomic E-state index is 12.4. The van der Waals surface area contributed by atoms with Crippen molar-refractivity contribution in [3.8, 4) is 5.75 Å². The fraction of sp³-hybridized carbons (Fsp3) is 0.636. The van der Waals surface area contributed by atoms with Crippen molar-refractivity contribution in [3.63, 3.8) is 0 Å². The van der Waals surface area contributed by atoms with E-state index >= 15 is 0 Å². The van der Waals surface area contributed by atoms with E-state index in [1.807, 2.05) is 32.0 Å². The van der Waals surface area contributed by atoms with E-state index in [0.717, 1.165) is 50.6 Å². The first-order valence-corrected chi connectivity index (χ1v) is 10.8. The van der Waals surface area contributed by atoms with Crippen molar-refractivity contribution in [2.24, 2.45) is 5.92 Å². The van der Waals surface area contributed by atoms with Crippen LogP contribution in [0.15, 0.2) is 18.2 Å². The molecule has 1 amide bonds. The second kappa shape index (κ2) is 10.6. The number of rotatable bonds is 8. The lowest BCUT2D eigenvalue weighted by molar-refractivity contribution is -0.149. The van der Waals surface area contributed by atoms with Crippen molar-refractivity contribution >= 4 is 17.7 Å². The van der Waals surface area contributed by atoms with Gasteiger partial charge in [-0.05, 0) is 25.0 Å². The van der Waals surface area contributed by atoms with Crippen LogP contribution < -0.4 is 10.1 Å². The molecule has 0 aromatic heterocycles. The van der Waals surface area contributed by atoms with Gasteiger partial charge in [0.15, 0.2) is 0 Å². The monoisotopic (exact) mass is 419 g/mol. The summed E-state index contributed by atoms with van der Waals surface area (Å²) >= 11 is 0. The topological polar surface area (TPSA) is 80.3 Å². The first-order chi connectivity index (χ1) is 14.5. The number of esters is 1. The predicted octanol–water partition coefficient (Wildman–Crippen LogP) is 2.55. The van der Waals surface area contributed by atoms with Gasteiger partial charge in [0.1, 0.15) is 12.4 Å². The van der Waals surface area contributed by atoms with Crippen molar-refractivity contribution < 1.29 is 23.8 Å². The van der Waals surface area contributed by atoms with Crippen LogP contribution in [0.3, 0.4) is 0 Å². The zero-order valence-corrected chi connectivity index (χ0v) is 18.2. The summed E-state index contributed by atoms with van der Waals surface area (Å²) in [6, 6.07) is 5.64. The summed E-state index contributed by atoms with van der Waals surface area (Å²) in [6.45, 7) is 9.61. The van der Waals surface area contributed by atoms with Gasteiger partial charge in [-0.2, -0.15) is 0 Å². The summed E-state index contributed by atoms with van der Waals surface area (Å²) in [5.74, 6) is 0.417. The zero-order valence-electron chi connectivity index (χ0n) is 18.2. The molecule has 2 aliphatic heterocycles. The Kier molecular flexibility index (Phi) is 7.93. The molecule has 8 nitrogen and oxygen atoms in total. The third-order valence-electron chi connectivity index (χ3n) is 5.79. The highest BCUT2D eigenvalue weighted by Gasteiger charge is 2.28. The Morgan fingerprint density at radius 3 is 2.83 bits per heavy atom. The Morgan fingerprint density at radius 1 is 1.33 bits per heavy atom. The molecule has 0 saturated carbocycles. The van der Waals surface area contributed by atoms with E-state index in [-0.39, 0.29) is 23.9 Å². The van der Waals surface area contributed by atoms with Crippen LogP contribution >= 0.6 is 0 Å². The number of hydrogen-bond donors (Lipinski definition) is 1. The Labute approximate surface area is 178 Å². The van der Waals surface area contributed by atoms with Gasteiger partial charge in [0, 0.05) is 57.4 Å². The minimum Gasteiger partial charge on any atom is -0.464 e. The van der Waals surface area contributed by atoms with Crippen LogP contribution in [0.25, 0.3) is 0 Å². The van der Waals surface area contributed by atoms with Gasteiger partial charge in [0.25, 0.3) is 0 Å². The van der Waals surface area contributed by atoms with Gasteiger partial charge < -0.3 is 24.4 Å². The number of nitrogens with zero attached hydrogens (tertiary/aromatic N) is 2. The Bertz CT molecular complexity index is 735. The highest BCUT2D eigenvalue weighted by atomic mass is 16.6. The first kappa shape index (κ1) is 22.4. The van der Waals surface area contributed by atoms with Crippen molar-refractivity contribution in [1.82, 2.24) is 9.80 Å². The molecule has 8 heteroatoms. The quantitative estimate of drug-likeness (QED) is 0.649. The number of amides is 1. The normalized spacial score (nSPS) is 19.5. The van der Waals surface area contributed by atoms with Gasteiger partial charge in [-0.3, -0.25) is 9.69 Å². The summed E-state index contributed by atoms with van der Waals surface area (Å²) in [5.41, 5.74) is 2.10. The van der Waals surface area contributed by atoms with Crippen LogP contribution in [-0.2, 0) is 14.3 Å². The highest BCUT2D eigenvalue weighted by Crippen LogP contribution is 2.37. The molecule has 2 heterocycles. The second-order valence-electron chi connectivity index (χ2n) is 7.97. The van der Waals surface area contributed by atoms with Gasteiger partial charge in [0.05, 0.1) is 19.1 Å². The molecule has 3 rings (SSSR count). The van der Waals surface area contributed by atoms with Crippen LogP contribution in [0, 0.1) is 5.92 Å². The minimum atomic E-state index is -0.375. The smallest absolute Gasteiger partial charge is 0.414 e. The van der Waals surface area contributed by atoms with Crippen LogP contribution in [-0.4, -0.2) is 81.5 Å². The predicted molar refractivity (Wildman–Crippen MR) is 114 cm³/mol. The number of morpholine rings is 1. The van der Waals surface area contributed by atoms with Gasteiger partial charge >= 0.3 is 12.1 Å². The lowest BCUT2D eigenvalue weighted by Crippen LogP contribution is -2.38. The first-order valence-electron chi connectivity index (χ1n) is 10.8. The van der Waals surface area contributed by atoms with Crippen molar-refractivity contribution in [2.45, 2.75) is 26.2 Å². The van der Waals surface area contributed by atoms with E-state index < -0.39 is 0 Å². The van der Waals surface area contributed by atoms with Crippen molar-refractivity contribution in [2.75, 3.05) is 64.9 Å². The molecule has 0 aliphatic carbocycles. The summed E-state index contributed by atoms with van der Waals surface area (Å²) in [4.78, 5) is 28.1. The average Bonchev–Trinajstić information content (AvgIpc) is 3.15. The molecule has 0 spiro atoms. The third-order valence-corrected chi connectivity index (χ3v) is 5.79. The van der Waals surface area contributed by atoms with Gasteiger partial charge in [-0.1, -0.05) is 13.0 Å². The molecular formula is C22H33N3O5. The van der Waals surface area contributed by atoms with Crippen LogP contribution in [0.5, 0.6) is 5.75 Å². The zero-order chi connectivity index (χ0) is 21.5. The standard InChI is InChI=1S/C22H33N3O5/c1-4-24(3)22(27)30-18-5-6-19-17(15-23-20(19)14-18)13-16(2)21(26)29-12-9-25-7-10-28-11-8-25/h5-6,14,16-17,23H,4,7-13,15H2,1-3H3/t16-,17?/m1/s1. The molecule has 1 aromatic carbocycles. The molecule has 30 heavy (non-hydrogen) atoms. The van der Waals surface area contributed by atoms with E-state index in [1.165, 1.54) is 4.90 Å². The van der Waals surface area contributed by atoms with E-state index in [1.54, 1.807) is 7.05 Å². The van der Waals surface area contributed by atoms with Gasteiger partial charge in [0.2, 0.25) is 0 Å². The number of carbonyl (C=O) groups is 2. The van der Waals surface area contributed by atoms with Gasteiger partial charge in [-0.15, -0.1) is 0 Å². The largest absolute Gasteiger partial charge is 0.464 e. The summed E-state index contributed by atoms with van der Waals surface area (Å²) in [7, 11) is 1.70. The minimum absolute atomic E-state index is 0.148. The molecule has 0 radical (unpaired) electrons. The number of ether oxygens (including phenoxy) is 3.